The minimum absolute atomic E-state index is 0.0168. The van der Waals surface area contributed by atoms with Crippen molar-refractivity contribution in [2.24, 2.45) is 16.3 Å². The highest BCUT2D eigenvalue weighted by atomic mass is 32.2. The molecule has 0 spiro atoms. The van der Waals surface area contributed by atoms with Crippen LogP contribution in [0.1, 0.15) is 32.6 Å². The van der Waals surface area contributed by atoms with E-state index in [1.54, 1.807) is 23.7 Å². The second-order valence-electron chi connectivity index (χ2n) is 4.99. The zero-order chi connectivity index (χ0) is 13.8. The van der Waals surface area contributed by atoms with Crippen LogP contribution in [-0.2, 0) is 4.79 Å². The number of nitrogens with zero attached hydrogens (tertiary/aromatic N) is 2. The fourth-order valence-electron chi connectivity index (χ4n) is 2.54. The van der Waals surface area contributed by atoms with Crippen molar-refractivity contribution >= 4 is 23.5 Å². The number of rotatable bonds is 5. The van der Waals surface area contributed by atoms with E-state index < -0.39 is 5.41 Å². The molecule has 0 bridgehead atoms. The summed E-state index contributed by atoms with van der Waals surface area (Å²) in [5, 5.41) is 12.0. The third-order valence-corrected chi connectivity index (χ3v) is 4.67. The molecule has 0 radical (unpaired) electrons. The highest BCUT2D eigenvalue weighted by Gasteiger charge is 2.47. The number of thioether (sulfide) groups is 1. The quantitative estimate of drug-likeness (QED) is 0.344. The fourth-order valence-corrected chi connectivity index (χ4v) is 3.25. The maximum atomic E-state index is 12.6. The summed E-state index contributed by atoms with van der Waals surface area (Å²) in [5.74, 6) is 0.930. The molecule has 1 unspecified atom stereocenters. The van der Waals surface area contributed by atoms with Gasteiger partial charge in [-0.15, -0.1) is 0 Å². The standard InChI is InChI=1S/C12H23N3O2S/c1-9(8-18-3)15(2)11(16)12(10(13)14-17)6-4-5-7-12/h9,17H,4-8H2,1-3H3,(H2,13,14). The number of hydrogen-bond acceptors (Lipinski definition) is 4. The lowest BCUT2D eigenvalue weighted by molar-refractivity contribution is -0.138. The molecule has 18 heavy (non-hydrogen) atoms. The van der Waals surface area contributed by atoms with Crippen LogP contribution in [0.15, 0.2) is 5.16 Å². The Labute approximate surface area is 113 Å². The average molecular weight is 273 g/mol. The van der Waals surface area contributed by atoms with Crippen LogP contribution in [0.25, 0.3) is 0 Å². The molecule has 0 aliphatic heterocycles. The van der Waals surface area contributed by atoms with E-state index in [9.17, 15) is 4.79 Å². The second-order valence-corrected chi connectivity index (χ2v) is 5.91. The number of amidine groups is 1. The van der Waals surface area contributed by atoms with Crippen molar-refractivity contribution in [1.29, 1.82) is 0 Å². The molecular formula is C12H23N3O2S. The number of carbonyl (C=O) groups excluding carboxylic acids is 1. The van der Waals surface area contributed by atoms with Crippen molar-refractivity contribution in [3.8, 4) is 0 Å². The van der Waals surface area contributed by atoms with Crippen LogP contribution in [0, 0.1) is 5.41 Å². The Balaban J connectivity index is 2.90. The van der Waals surface area contributed by atoms with Crippen molar-refractivity contribution < 1.29 is 10.0 Å². The van der Waals surface area contributed by atoms with E-state index in [0.717, 1.165) is 18.6 Å². The van der Waals surface area contributed by atoms with Crippen LogP contribution in [0.4, 0.5) is 0 Å². The summed E-state index contributed by atoms with van der Waals surface area (Å²) in [6.45, 7) is 2.02. The van der Waals surface area contributed by atoms with Gasteiger partial charge in [0.1, 0.15) is 5.41 Å². The van der Waals surface area contributed by atoms with Gasteiger partial charge in [-0.25, -0.2) is 0 Å². The number of amides is 1. The van der Waals surface area contributed by atoms with Crippen LogP contribution in [-0.4, -0.2) is 46.9 Å². The minimum atomic E-state index is -0.782. The highest BCUT2D eigenvalue weighted by molar-refractivity contribution is 7.98. The molecule has 1 aliphatic carbocycles. The second kappa shape index (κ2) is 6.31. The van der Waals surface area contributed by atoms with Crippen LogP contribution in [0.5, 0.6) is 0 Å². The van der Waals surface area contributed by atoms with E-state index in [2.05, 4.69) is 5.16 Å². The first-order chi connectivity index (χ1) is 8.49. The number of carbonyl (C=O) groups is 1. The Morgan fingerprint density at radius 1 is 1.56 bits per heavy atom. The molecule has 1 aliphatic rings. The molecule has 0 saturated heterocycles. The molecule has 1 amide bonds. The van der Waals surface area contributed by atoms with Crippen LogP contribution in [0.2, 0.25) is 0 Å². The van der Waals surface area contributed by atoms with Gasteiger partial charge in [0, 0.05) is 18.8 Å². The van der Waals surface area contributed by atoms with Gasteiger partial charge in [-0.3, -0.25) is 4.79 Å². The van der Waals surface area contributed by atoms with Gasteiger partial charge < -0.3 is 15.8 Å². The molecule has 6 heteroatoms. The van der Waals surface area contributed by atoms with Crippen molar-refractivity contribution in [2.75, 3.05) is 19.1 Å². The van der Waals surface area contributed by atoms with Gasteiger partial charge in [-0.2, -0.15) is 11.8 Å². The first kappa shape index (κ1) is 15.1. The summed E-state index contributed by atoms with van der Waals surface area (Å²) in [4.78, 5) is 14.4. The lowest BCUT2D eigenvalue weighted by Crippen LogP contribution is -2.51. The Hall–Kier alpha value is -0.910. The summed E-state index contributed by atoms with van der Waals surface area (Å²) in [6, 6.07) is 0.150. The number of oxime groups is 1. The van der Waals surface area contributed by atoms with Crippen LogP contribution >= 0.6 is 11.8 Å². The van der Waals surface area contributed by atoms with Gasteiger partial charge in [0.15, 0.2) is 5.84 Å². The number of hydrogen-bond donors (Lipinski definition) is 2. The highest BCUT2D eigenvalue weighted by Crippen LogP contribution is 2.40. The molecule has 0 aromatic carbocycles. The van der Waals surface area contributed by atoms with Crippen molar-refractivity contribution in [3.63, 3.8) is 0 Å². The molecule has 3 N–H and O–H groups in total. The average Bonchev–Trinajstić information content (AvgIpc) is 2.86. The summed E-state index contributed by atoms with van der Waals surface area (Å²) in [5.41, 5.74) is 4.99. The van der Waals surface area contributed by atoms with Gasteiger partial charge >= 0.3 is 0 Å². The molecule has 104 valence electrons. The first-order valence-corrected chi connectivity index (χ1v) is 7.63. The third kappa shape index (κ3) is 2.74. The molecule has 1 fully saturated rings. The van der Waals surface area contributed by atoms with Gasteiger partial charge in [0.2, 0.25) is 5.91 Å². The lowest BCUT2D eigenvalue weighted by Gasteiger charge is -2.34. The number of nitrogens with two attached hydrogens (primary N) is 1. The molecule has 1 atom stereocenters. The van der Waals surface area contributed by atoms with Gasteiger partial charge in [0.25, 0.3) is 0 Å². The summed E-state index contributed by atoms with van der Waals surface area (Å²) in [6.07, 6.45) is 5.28. The zero-order valence-electron chi connectivity index (χ0n) is 11.3. The summed E-state index contributed by atoms with van der Waals surface area (Å²) in [7, 11) is 1.80. The van der Waals surface area contributed by atoms with E-state index in [4.69, 9.17) is 10.9 Å². The normalized spacial score (nSPS) is 20.7. The molecule has 1 rings (SSSR count). The van der Waals surface area contributed by atoms with Gasteiger partial charge in [-0.1, -0.05) is 18.0 Å². The lowest BCUT2D eigenvalue weighted by atomic mass is 9.83. The third-order valence-electron chi connectivity index (χ3n) is 3.85. The Morgan fingerprint density at radius 2 is 2.11 bits per heavy atom. The molecular weight excluding hydrogens is 250 g/mol. The largest absolute Gasteiger partial charge is 0.409 e. The Morgan fingerprint density at radius 3 is 2.56 bits per heavy atom. The monoisotopic (exact) mass is 273 g/mol. The van der Waals surface area contributed by atoms with Crippen LogP contribution in [0.3, 0.4) is 0 Å². The zero-order valence-corrected chi connectivity index (χ0v) is 12.2. The van der Waals surface area contributed by atoms with E-state index in [0.29, 0.717) is 12.8 Å². The molecule has 0 heterocycles. The Kier molecular flexibility index (Phi) is 5.31. The van der Waals surface area contributed by atoms with Crippen molar-refractivity contribution in [1.82, 2.24) is 4.90 Å². The Bertz CT molecular complexity index is 327. The van der Waals surface area contributed by atoms with E-state index in [-0.39, 0.29) is 17.8 Å². The topological polar surface area (TPSA) is 78.9 Å². The summed E-state index contributed by atoms with van der Waals surface area (Å²) >= 11 is 1.71. The van der Waals surface area contributed by atoms with E-state index in [1.165, 1.54) is 0 Å². The predicted molar refractivity (Wildman–Crippen MR) is 74.9 cm³/mol. The fraction of sp³-hybridized carbons (Fsp3) is 0.833. The SMILES string of the molecule is CSCC(C)N(C)C(=O)C1(C(N)=NO)CCCC1. The van der Waals surface area contributed by atoms with Gasteiger partial charge in [-0.05, 0) is 26.0 Å². The molecule has 5 nitrogen and oxygen atoms in total. The van der Waals surface area contributed by atoms with Crippen LogP contribution < -0.4 is 5.73 Å². The summed E-state index contributed by atoms with van der Waals surface area (Å²) < 4.78 is 0. The van der Waals surface area contributed by atoms with E-state index >= 15 is 0 Å². The molecule has 1 saturated carbocycles. The maximum absolute atomic E-state index is 12.6. The first-order valence-electron chi connectivity index (χ1n) is 6.24. The van der Waals surface area contributed by atoms with Crippen molar-refractivity contribution in [3.05, 3.63) is 0 Å². The van der Waals surface area contributed by atoms with E-state index in [1.807, 2.05) is 13.2 Å². The smallest absolute Gasteiger partial charge is 0.236 e. The van der Waals surface area contributed by atoms with Gasteiger partial charge in [0.05, 0.1) is 0 Å². The molecule has 0 aromatic heterocycles. The minimum Gasteiger partial charge on any atom is -0.409 e. The molecule has 0 aromatic rings. The maximum Gasteiger partial charge on any atom is 0.236 e. The van der Waals surface area contributed by atoms with Crippen molar-refractivity contribution in [2.45, 2.75) is 38.6 Å². The predicted octanol–water partition coefficient (Wildman–Crippen LogP) is 1.50.